The number of aryl methyl sites for hydroxylation is 3. The highest BCUT2D eigenvalue weighted by Gasteiger charge is 2.39. The van der Waals surface area contributed by atoms with Gasteiger partial charge in [-0.3, -0.25) is 9.58 Å². The summed E-state index contributed by atoms with van der Waals surface area (Å²) < 4.78 is 45.6. The molecule has 0 spiro atoms. The Morgan fingerprint density at radius 2 is 1.77 bits per heavy atom. The molecule has 0 unspecified atom stereocenters. The molecule has 2 aliphatic rings. The fraction of sp³-hybridized carbons (Fsp3) is 0.536. The van der Waals surface area contributed by atoms with Crippen molar-refractivity contribution in [3.63, 3.8) is 0 Å². The molecule has 0 radical (unpaired) electrons. The van der Waals surface area contributed by atoms with Crippen LogP contribution in [0.25, 0.3) is 0 Å². The molecule has 3 aromatic rings. The van der Waals surface area contributed by atoms with Gasteiger partial charge in [-0.15, -0.1) is 0 Å². The number of alkyl halides is 3. The largest absolute Gasteiger partial charge is 0.490 e. The third-order valence-electron chi connectivity index (χ3n) is 7.64. The number of rotatable bonds is 5. The van der Waals surface area contributed by atoms with Crippen molar-refractivity contribution in [2.24, 2.45) is 7.05 Å². The molecule has 5 rings (SSSR count). The van der Waals surface area contributed by atoms with Crippen molar-refractivity contribution >= 4 is 17.6 Å². The van der Waals surface area contributed by atoms with Gasteiger partial charge in [0.15, 0.2) is 5.76 Å². The van der Waals surface area contributed by atoms with Crippen LogP contribution in [0.3, 0.4) is 0 Å². The van der Waals surface area contributed by atoms with Crippen molar-refractivity contribution < 1.29 is 32.3 Å². The Bertz CT molecular complexity index is 1250. The van der Waals surface area contributed by atoms with E-state index in [1.807, 2.05) is 36.9 Å². The van der Waals surface area contributed by atoms with Crippen LogP contribution < -0.4 is 0 Å². The third kappa shape index (κ3) is 7.64. The van der Waals surface area contributed by atoms with Gasteiger partial charge in [0.2, 0.25) is 0 Å². The third-order valence-corrected chi connectivity index (χ3v) is 7.89. The van der Waals surface area contributed by atoms with Gasteiger partial charge in [0.25, 0.3) is 0 Å². The second-order valence-corrected chi connectivity index (χ2v) is 11.0. The van der Waals surface area contributed by atoms with E-state index in [0.29, 0.717) is 24.6 Å². The van der Waals surface area contributed by atoms with Gasteiger partial charge in [0.05, 0.1) is 18.0 Å². The van der Waals surface area contributed by atoms with E-state index < -0.39 is 12.1 Å². The minimum atomic E-state index is -5.08. The maximum atomic E-state index is 10.6. The molecule has 1 aliphatic heterocycles. The highest BCUT2D eigenvalue weighted by molar-refractivity contribution is 6.30. The van der Waals surface area contributed by atoms with E-state index in [0.717, 1.165) is 29.4 Å². The number of carboxylic acid groups (broad SMARTS) is 1. The van der Waals surface area contributed by atoms with Gasteiger partial charge in [-0.25, -0.2) is 4.79 Å². The van der Waals surface area contributed by atoms with E-state index in [1.54, 1.807) is 0 Å². The normalized spacial score (nSPS) is 23.9. The van der Waals surface area contributed by atoms with Crippen LogP contribution in [0, 0.1) is 13.8 Å². The van der Waals surface area contributed by atoms with Crippen LogP contribution in [0.5, 0.6) is 0 Å². The summed E-state index contributed by atoms with van der Waals surface area (Å²) in [5, 5.41) is 16.7. The molecule has 1 saturated carbocycles. The number of halogens is 4. The predicted molar refractivity (Wildman–Crippen MR) is 142 cm³/mol. The molecular formula is C28H34ClF3N4O4. The summed E-state index contributed by atoms with van der Waals surface area (Å²) in [5.74, 6) is -1.36. The van der Waals surface area contributed by atoms with Gasteiger partial charge in [0, 0.05) is 48.4 Å². The van der Waals surface area contributed by atoms with Crippen LogP contribution in [0.4, 0.5) is 13.2 Å². The van der Waals surface area contributed by atoms with E-state index in [4.69, 9.17) is 35.9 Å². The standard InChI is InChI=1S/C26H33ClN4O2.C2HF3O2/c1-17-12-25(33-29-17)26-15-31(23(16-32-26)14-19-4-8-21(27)9-5-19)22-10-6-20(7-11-22)24-13-18(2)30(3)28-24;3-2(4,5)1(6)7/h4-5,8-9,12-13,20,22-23,26H,6-7,10-11,14-16H2,1-3H3;(H,6,7)/t20?,22?,23-,26+;/m0./s1. The van der Waals surface area contributed by atoms with Gasteiger partial charge in [-0.2, -0.15) is 18.3 Å². The minimum Gasteiger partial charge on any atom is -0.475 e. The number of carbonyl (C=O) groups is 1. The van der Waals surface area contributed by atoms with Crippen LogP contribution >= 0.6 is 11.6 Å². The van der Waals surface area contributed by atoms with E-state index in [1.165, 1.54) is 42.6 Å². The highest BCUT2D eigenvalue weighted by atomic mass is 35.5. The van der Waals surface area contributed by atoms with Crippen LogP contribution in [-0.2, 0) is 23.0 Å². The van der Waals surface area contributed by atoms with E-state index >= 15 is 0 Å². The zero-order valence-corrected chi connectivity index (χ0v) is 23.5. The monoisotopic (exact) mass is 582 g/mol. The highest BCUT2D eigenvalue weighted by Crippen LogP contribution is 2.38. The average Bonchev–Trinajstić information content (AvgIpc) is 3.50. The molecule has 0 amide bonds. The summed E-state index contributed by atoms with van der Waals surface area (Å²) >= 11 is 6.11. The lowest BCUT2D eigenvalue weighted by Crippen LogP contribution is -2.53. The molecule has 1 aliphatic carbocycles. The molecule has 2 atom stereocenters. The number of hydrogen-bond acceptors (Lipinski definition) is 6. The maximum Gasteiger partial charge on any atom is 0.490 e. The van der Waals surface area contributed by atoms with Crippen LogP contribution in [0.2, 0.25) is 5.02 Å². The van der Waals surface area contributed by atoms with Crippen LogP contribution in [-0.4, -0.2) is 62.3 Å². The molecule has 8 nitrogen and oxygen atoms in total. The second-order valence-electron chi connectivity index (χ2n) is 10.5. The number of benzene rings is 1. The lowest BCUT2D eigenvalue weighted by molar-refractivity contribution is -0.192. The number of carboxylic acids is 1. The summed E-state index contributed by atoms with van der Waals surface area (Å²) in [7, 11) is 2.03. The van der Waals surface area contributed by atoms with E-state index in [9.17, 15) is 13.2 Å². The van der Waals surface area contributed by atoms with E-state index in [2.05, 4.69) is 35.2 Å². The molecule has 1 N–H and O–H groups in total. The first-order valence-corrected chi connectivity index (χ1v) is 13.6. The predicted octanol–water partition coefficient (Wildman–Crippen LogP) is 6.02. The Hall–Kier alpha value is -2.89. The Kier molecular flexibility index (Phi) is 9.58. The van der Waals surface area contributed by atoms with Crippen molar-refractivity contribution in [2.45, 2.75) is 76.2 Å². The summed E-state index contributed by atoms with van der Waals surface area (Å²) in [6.07, 6.45) is 0.526. The molecule has 3 heterocycles. The van der Waals surface area contributed by atoms with Crippen molar-refractivity contribution in [2.75, 3.05) is 13.2 Å². The van der Waals surface area contributed by atoms with Crippen molar-refractivity contribution in [1.29, 1.82) is 0 Å². The van der Waals surface area contributed by atoms with Crippen molar-refractivity contribution in [3.05, 3.63) is 69.8 Å². The van der Waals surface area contributed by atoms with Crippen molar-refractivity contribution in [1.82, 2.24) is 19.8 Å². The van der Waals surface area contributed by atoms with Crippen LogP contribution in [0.15, 0.2) is 40.9 Å². The number of aromatic nitrogens is 3. The maximum absolute atomic E-state index is 10.6. The first kappa shape index (κ1) is 30.1. The number of hydrogen-bond donors (Lipinski definition) is 1. The molecule has 2 aromatic heterocycles. The summed E-state index contributed by atoms with van der Waals surface area (Å²) in [6, 6.07) is 13.4. The topological polar surface area (TPSA) is 93.6 Å². The van der Waals surface area contributed by atoms with Gasteiger partial charge >= 0.3 is 12.1 Å². The molecular weight excluding hydrogens is 549 g/mol. The first-order chi connectivity index (χ1) is 18.9. The Labute approximate surface area is 236 Å². The molecule has 1 aromatic carbocycles. The number of nitrogens with zero attached hydrogens (tertiary/aromatic N) is 4. The SMILES string of the molecule is Cc1cc([C@H]2CN(C3CCC(c4cc(C)n(C)n4)CC3)[C@@H](Cc3ccc(Cl)cc3)CO2)on1.O=C(O)C(F)(F)F. The second kappa shape index (κ2) is 12.7. The molecule has 2 fully saturated rings. The van der Waals surface area contributed by atoms with Gasteiger partial charge in [0.1, 0.15) is 6.10 Å². The fourth-order valence-electron chi connectivity index (χ4n) is 5.43. The van der Waals surface area contributed by atoms with Crippen LogP contribution in [0.1, 0.15) is 66.1 Å². The summed E-state index contributed by atoms with van der Waals surface area (Å²) in [4.78, 5) is 11.6. The van der Waals surface area contributed by atoms with Crippen molar-refractivity contribution in [3.8, 4) is 0 Å². The minimum absolute atomic E-state index is 0.0659. The lowest BCUT2D eigenvalue weighted by atomic mass is 9.82. The fourth-order valence-corrected chi connectivity index (χ4v) is 5.56. The van der Waals surface area contributed by atoms with Gasteiger partial charge in [-0.05, 0) is 69.7 Å². The zero-order chi connectivity index (χ0) is 29.0. The van der Waals surface area contributed by atoms with Gasteiger partial charge in [-0.1, -0.05) is 28.9 Å². The Morgan fingerprint density at radius 3 is 2.30 bits per heavy atom. The van der Waals surface area contributed by atoms with Gasteiger partial charge < -0.3 is 14.4 Å². The smallest absolute Gasteiger partial charge is 0.475 e. The summed E-state index contributed by atoms with van der Waals surface area (Å²) in [6.45, 7) is 5.61. The molecule has 0 bridgehead atoms. The number of morpholine rings is 1. The zero-order valence-electron chi connectivity index (χ0n) is 22.7. The molecule has 40 heavy (non-hydrogen) atoms. The first-order valence-electron chi connectivity index (χ1n) is 13.3. The Balaban J connectivity index is 0.000000470. The number of aliphatic carboxylic acids is 1. The molecule has 12 heteroatoms. The summed E-state index contributed by atoms with van der Waals surface area (Å²) in [5.41, 5.74) is 4.68. The molecule has 1 saturated heterocycles. The number of ether oxygens (including phenoxy) is 1. The molecule has 218 valence electrons. The lowest BCUT2D eigenvalue weighted by Gasteiger charge is -2.45. The average molecular weight is 583 g/mol. The van der Waals surface area contributed by atoms with E-state index in [-0.39, 0.29) is 6.10 Å². The quantitative estimate of drug-likeness (QED) is 0.393. The Morgan fingerprint density at radius 1 is 1.12 bits per heavy atom.